The maximum absolute atomic E-state index is 11.3. The second-order valence-electron chi connectivity index (χ2n) is 5.27. The van der Waals surface area contributed by atoms with Crippen LogP contribution in [0.15, 0.2) is 0 Å². The summed E-state index contributed by atoms with van der Waals surface area (Å²) in [5.74, 6) is 0.949. The molecule has 0 aromatic rings. The lowest BCUT2D eigenvalue weighted by atomic mass is 9.75. The van der Waals surface area contributed by atoms with Gasteiger partial charge in [0.05, 0.1) is 0 Å². The molecule has 0 heterocycles. The van der Waals surface area contributed by atoms with E-state index in [9.17, 15) is 4.79 Å². The predicted molar refractivity (Wildman–Crippen MR) is 57.5 cm³/mol. The first-order valence-electron chi connectivity index (χ1n) is 5.48. The Morgan fingerprint density at radius 1 is 1.40 bits per heavy atom. The molecule has 0 spiro atoms. The molecule has 1 aliphatic carbocycles. The van der Waals surface area contributed by atoms with Crippen LogP contribution >= 0.6 is 0 Å². The van der Waals surface area contributed by atoms with E-state index in [1.54, 1.807) is 0 Å². The summed E-state index contributed by atoms with van der Waals surface area (Å²) in [6.07, 6.45) is 1.66. The summed E-state index contributed by atoms with van der Waals surface area (Å²) in [4.78, 5) is 11.3. The Morgan fingerprint density at radius 2 is 2.00 bits per heavy atom. The van der Waals surface area contributed by atoms with Crippen molar-refractivity contribution in [2.75, 3.05) is 13.2 Å². The molecule has 2 N–H and O–H groups in total. The molecular weight excluding hydrogens is 194 g/mol. The van der Waals surface area contributed by atoms with Crippen LogP contribution in [0, 0.1) is 11.8 Å². The Balaban J connectivity index is 2.08. The number of carbonyl (C=O) groups is 1. The number of rotatable bonds is 3. The molecule has 0 aliphatic heterocycles. The Labute approximate surface area is 91.0 Å². The summed E-state index contributed by atoms with van der Waals surface area (Å²) in [7, 11) is 0. The molecule has 1 amide bonds. The Kier molecular flexibility index (Phi) is 3.97. The summed E-state index contributed by atoms with van der Waals surface area (Å²) >= 11 is 0. The fourth-order valence-electron chi connectivity index (χ4n) is 1.73. The molecular formula is C11H21NO3. The zero-order valence-electron chi connectivity index (χ0n) is 9.75. The molecule has 1 saturated carbocycles. The van der Waals surface area contributed by atoms with Gasteiger partial charge >= 0.3 is 6.09 Å². The van der Waals surface area contributed by atoms with Crippen molar-refractivity contribution in [3.05, 3.63) is 0 Å². The molecule has 0 aromatic carbocycles. The second kappa shape index (κ2) is 4.84. The summed E-state index contributed by atoms with van der Waals surface area (Å²) < 4.78 is 5.11. The topological polar surface area (TPSA) is 58.6 Å². The largest absolute Gasteiger partial charge is 0.444 e. The first-order valence-corrected chi connectivity index (χ1v) is 5.48. The summed E-state index contributed by atoms with van der Waals surface area (Å²) in [5, 5.41) is 11.6. The number of alkyl carbamates (subject to hydrolysis) is 1. The molecule has 0 atom stereocenters. The number of carbonyl (C=O) groups excluding carboxylic acids is 1. The lowest BCUT2D eigenvalue weighted by Gasteiger charge is -2.34. The third-order valence-electron chi connectivity index (χ3n) is 2.53. The van der Waals surface area contributed by atoms with Gasteiger partial charge in [0.25, 0.3) is 0 Å². The van der Waals surface area contributed by atoms with Crippen LogP contribution in [0.1, 0.15) is 33.6 Å². The van der Waals surface area contributed by atoms with Crippen LogP contribution in [0.5, 0.6) is 0 Å². The summed E-state index contributed by atoms with van der Waals surface area (Å²) in [6, 6.07) is 0. The van der Waals surface area contributed by atoms with Gasteiger partial charge < -0.3 is 15.2 Å². The first kappa shape index (κ1) is 12.3. The molecule has 4 nitrogen and oxygen atoms in total. The molecule has 0 radical (unpaired) electrons. The van der Waals surface area contributed by atoms with Gasteiger partial charge in [-0.15, -0.1) is 0 Å². The van der Waals surface area contributed by atoms with Gasteiger partial charge in [-0.05, 0) is 45.4 Å². The number of aliphatic hydroxyl groups is 1. The van der Waals surface area contributed by atoms with Gasteiger partial charge in [-0.3, -0.25) is 0 Å². The van der Waals surface area contributed by atoms with Gasteiger partial charge in [0.2, 0.25) is 0 Å². The highest BCUT2D eigenvalue weighted by atomic mass is 16.6. The lowest BCUT2D eigenvalue weighted by molar-refractivity contribution is 0.0480. The van der Waals surface area contributed by atoms with Crippen LogP contribution < -0.4 is 5.32 Å². The minimum absolute atomic E-state index is 0.267. The van der Waals surface area contributed by atoms with Crippen molar-refractivity contribution in [2.45, 2.75) is 39.2 Å². The van der Waals surface area contributed by atoms with Crippen molar-refractivity contribution < 1.29 is 14.6 Å². The second-order valence-corrected chi connectivity index (χ2v) is 5.27. The lowest BCUT2D eigenvalue weighted by Crippen LogP contribution is -2.39. The number of nitrogens with one attached hydrogen (secondary N) is 1. The normalized spacial score (nSPS) is 25.6. The van der Waals surface area contributed by atoms with Crippen LogP contribution in [0.3, 0.4) is 0 Å². The van der Waals surface area contributed by atoms with E-state index in [4.69, 9.17) is 9.84 Å². The summed E-state index contributed by atoms with van der Waals surface area (Å²) in [5.41, 5.74) is -0.433. The van der Waals surface area contributed by atoms with Crippen molar-refractivity contribution in [1.29, 1.82) is 0 Å². The molecule has 1 aliphatic rings. The summed E-state index contributed by atoms with van der Waals surface area (Å²) in [6.45, 7) is 6.46. The highest BCUT2D eigenvalue weighted by Gasteiger charge is 2.28. The number of amides is 1. The molecule has 1 fully saturated rings. The van der Waals surface area contributed by atoms with Crippen molar-refractivity contribution in [3.63, 3.8) is 0 Å². The molecule has 88 valence electrons. The minimum atomic E-state index is -0.433. The number of ether oxygens (including phenoxy) is 1. The van der Waals surface area contributed by atoms with Crippen LogP contribution in [-0.2, 0) is 4.74 Å². The van der Waals surface area contributed by atoms with Crippen LogP contribution in [-0.4, -0.2) is 30.0 Å². The number of hydrogen-bond donors (Lipinski definition) is 2. The van der Waals surface area contributed by atoms with E-state index in [1.165, 1.54) is 0 Å². The fraction of sp³-hybridized carbons (Fsp3) is 0.909. The SMILES string of the molecule is CC(C)(C)OC(=O)NCC1CC(CO)C1. The van der Waals surface area contributed by atoms with Crippen LogP contribution in [0.25, 0.3) is 0 Å². The maximum atomic E-state index is 11.3. The molecule has 0 saturated heterocycles. The van der Waals surface area contributed by atoms with E-state index in [1.807, 2.05) is 20.8 Å². The van der Waals surface area contributed by atoms with Crippen molar-refractivity contribution in [3.8, 4) is 0 Å². The fourth-order valence-corrected chi connectivity index (χ4v) is 1.73. The highest BCUT2D eigenvalue weighted by molar-refractivity contribution is 5.67. The van der Waals surface area contributed by atoms with Gasteiger partial charge in [-0.2, -0.15) is 0 Å². The zero-order valence-corrected chi connectivity index (χ0v) is 9.75. The average Bonchev–Trinajstić information content (AvgIpc) is 1.98. The van der Waals surface area contributed by atoms with Crippen molar-refractivity contribution in [2.24, 2.45) is 11.8 Å². The third-order valence-corrected chi connectivity index (χ3v) is 2.53. The highest BCUT2D eigenvalue weighted by Crippen LogP contribution is 2.32. The Bertz CT molecular complexity index is 216. The van der Waals surface area contributed by atoms with E-state index in [2.05, 4.69) is 5.32 Å². The first-order chi connectivity index (χ1) is 6.90. The quantitative estimate of drug-likeness (QED) is 0.750. The molecule has 0 unspecified atom stereocenters. The van der Waals surface area contributed by atoms with E-state index in [0.29, 0.717) is 18.4 Å². The average molecular weight is 215 g/mol. The maximum Gasteiger partial charge on any atom is 0.407 e. The van der Waals surface area contributed by atoms with Crippen molar-refractivity contribution >= 4 is 6.09 Å². The van der Waals surface area contributed by atoms with Gasteiger partial charge in [0.15, 0.2) is 0 Å². The molecule has 4 heteroatoms. The minimum Gasteiger partial charge on any atom is -0.444 e. The monoisotopic (exact) mass is 215 g/mol. The van der Waals surface area contributed by atoms with E-state index in [0.717, 1.165) is 12.8 Å². The Morgan fingerprint density at radius 3 is 2.47 bits per heavy atom. The smallest absolute Gasteiger partial charge is 0.407 e. The number of hydrogen-bond acceptors (Lipinski definition) is 3. The van der Waals surface area contributed by atoms with E-state index >= 15 is 0 Å². The Hall–Kier alpha value is -0.770. The van der Waals surface area contributed by atoms with E-state index in [-0.39, 0.29) is 12.7 Å². The van der Waals surface area contributed by atoms with Gasteiger partial charge in [0.1, 0.15) is 5.60 Å². The van der Waals surface area contributed by atoms with E-state index < -0.39 is 5.60 Å². The number of aliphatic hydroxyl groups excluding tert-OH is 1. The predicted octanol–water partition coefficient (Wildman–Crippen LogP) is 1.53. The third kappa shape index (κ3) is 4.51. The van der Waals surface area contributed by atoms with Crippen LogP contribution in [0.2, 0.25) is 0 Å². The molecule has 15 heavy (non-hydrogen) atoms. The van der Waals surface area contributed by atoms with Gasteiger partial charge in [-0.25, -0.2) is 4.79 Å². The molecule has 0 aromatic heterocycles. The van der Waals surface area contributed by atoms with Crippen LogP contribution in [0.4, 0.5) is 4.79 Å². The molecule has 1 rings (SSSR count). The standard InChI is InChI=1S/C11H21NO3/c1-11(2,3)15-10(14)12-6-8-4-9(5-8)7-13/h8-9,13H,4-7H2,1-3H3,(H,12,14). The zero-order chi connectivity index (χ0) is 11.5. The van der Waals surface area contributed by atoms with Gasteiger partial charge in [-0.1, -0.05) is 0 Å². The molecule has 0 bridgehead atoms. The van der Waals surface area contributed by atoms with Gasteiger partial charge in [0, 0.05) is 13.2 Å². The van der Waals surface area contributed by atoms with Crippen molar-refractivity contribution in [1.82, 2.24) is 5.32 Å².